The smallest absolute Gasteiger partial charge is 0.274 e. The number of hydrogen-bond acceptors (Lipinski definition) is 5. The number of carbonyl (C=O) groups is 1. The van der Waals surface area contributed by atoms with Crippen LogP contribution in [0.5, 0.6) is 0 Å². The van der Waals surface area contributed by atoms with Crippen LogP contribution >= 0.6 is 0 Å². The van der Waals surface area contributed by atoms with Crippen LogP contribution in [0.15, 0.2) is 18.6 Å². The third kappa shape index (κ3) is 2.79. The van der Waals surface area contributed by atoms with Crippen LogP contribution in [-0.4, -0.2) is 52.8 Å². The predicted molar refractivity (Wildman–Crippen MR) is 77.5 cm³/mol. The van der Waals surface area contributed by atoms with Crippen molar-refractivity contribution in [2.75, 3.05) is 13.1 Å². The van der Waals surface area contributed by atoms with E-state index in [4.69, 9.17) is 0 Å². The Hall–Kier alpha value is -1.50. The number of nitrogens with zero attached hydrogens (tertiary/aromatic N) is 3. The Bertz CT molecular complexity index is 606. The molecule has 0 radical (unpaired) electrons. The van der Waals surface area contributed by atoms with E-state index in [0.29, 0.717) is 0 Å². The van der Waals surface area contributed by atoms with Gasteiger partial charge in [0.05, 0.1) is 16.7 Å². The molecule has 2 fully saturated rings. The number of hydrogen-bond donors (Lipinski definition) is 0. The summed E-state index contributed by atoms with van der Waals surface area (Å²) in [4.78, 5) is 21.5. The van der Waals surface area contributed by atoms with Gasteiger partial charge in [-0.05, 0) is 12.8 Å². The zero-order valence-corrected chi connectivity index (χ0v) is 12.6. The third-order valence-corrected chi connectivity index (χ3v) is 7.03. The van der Waals surface area contributed by atoms with E-state index in [0.717, 1.165) is 32.1 Å². The van der Waals surface area contributed by atoms with Crippen molar-refractivity contribution in [3.05, 3.63) is 24.3 Å². The van der Waals surface area contributed by atoms with Crippen molar-refractivity contribution in [2.24, 2.45) is 0 Å². The first-order valence-electron chi connectivity index (χ1n) is 7.37. The minimum atomic E-state index is -3.10. The highest BCUT2D eigenvalue weighted by molar-refractivity contribution is 7.92. The molecule has 2 heterocycles. The zero-order valence-electron chi connectivity index (χ0n) is 11.8. The van der Waals surface area contributed by atoms with Crippen molar-refractivity contribution >= 4 is 15.7 Å². The molecule has 0 N–H and O–H groups in total. The maximum Gasteiger partial charge on any atom is 0.274 e. The highest BCUT2D eigenvalue weighted by atomic mass is 32.2. The van der Waals surface area contributed by atoms with Crippen molar-refractivity contribution in [1.29, 1.82) is 0 Å². The molecule has 0 spiro atoms. The Labute approximate surface area is 124 Å². The average molecular weight is 309 g/mol. The molecular weight excluding hydrogens is 290 g/mol. The summed E-state index contributed by atoms with van der Waals surface area (Å²) in [5, 5.41) is -0.605. The van der Waals surface area contributed by atoms with Crippen LogP contribution in [0.4, 0.5) is 0 Å². The third-order valence-electron chi connectivity index (χ3n) is 4.40. The second kappa shape index (κ2) is 5.71. The van der Waals surface area contributed by atoms with Gasteiger partial charge in [0.25, 0.3) is 5.91 Å². The Morgan fingerprint density at radius 2 is 1.81 bits per heavy atom. The highest BCUT2D eigenvalue weighted by Gasteiger charge is 2.43. The lowest BCUT2D eigenvalue weighted by molar-refractivity contribution is 0.0651. The summed E-state index contributed by atoms with van der Waals surface area (Å²) in [6.45, 7) is 0.572. The van der Waals surface area contributed by atoms with Crippen molar-refractivity contribution in [3.8, 4) is 0 Å². The van der Waals surface area contributed by atoms with Gasteiger partial charge in [-0.3, -0.25) is 9.78 Å². The topological polar surface area (TPSA) is 80.2 Å². The van der Waals surface area contributed by atoms with Gasteiger partial charge in [-0.15, -0.1) is 0 Å². The monoisotopic (exact) mass is 309 g/mol. The van der Waals surface area contributed by atoms with Gasteiger partial charge in [-0.1, -0.05) is 19.3 Å². The van der Waals surface area contributed by atoms with Crippen LogP contribution in [0.1, 0.15) is 42.6 Å². The largest absolute Gasteiger partial charge is 0.335 e. The molecule has 7 heteroatoms. The van der Waals surface area contributed by atoms with E-state index in [1.807, 2.05) is 0 Å². The van der Waals surface area contributed by atoms with E-state index in [1.54, 1.807) is 0 Å². The van der Waals surface area contributed by atoms with E-state index in [1.165, 1.54) is 23.5 Å². The van der Waals surface area contributed by atoms with Crippen molar-refractivity contribution in [3.63, 3.8) is 0 Å². The molecule has 1 aromatic rings. The number of carbonyl (C=O) groups excluding carboxylic acids is 1. The molecule has 114 valence electrons. The van der Waals surface area contributed by atoms with Gasteiger partial charge >= 0.3 is 0 Å². The summed E-state index contributed by atoms with van der Waals surface area (Å²) >= 11 is 0. The first-order valence-corrected chi connectivity index (χ1v) is 8.98. The zero-order chi connectivity index (χ0) is 14.9. The lowest BCUT2D eigenvalue weighted by Gasteiger charge is -2.40. The van der Waals surface area contributed by atoms with E-state index >= 15 is 0 Å². The molecule has 1 amide bonds. The average Bonchev–Trinajstić information content (AvgIpc) is 2.47. The van der Waals surface area contributed by atoms with E-state index < -0.39 is 15.1 Å². The normalized spacial score (nSPS) is 21.0. The molecule has 0 bridgehead atoms. The summed E-state index contributed by atoms with van der Waals surface area (Å²) in [6, 6.07) is 0. The van der Waals surface area contributed by atoms with Crippen molar-refractivity contribution in [1.82, 2.24) is 14.9 Å². The van der Waals surface area contributed by atoms with Crippen molar-refractivity contribution in [2.45, 2.75) is 42.6 Å². The quantitative estimate of drug-likeness (QED) is 0.833. The number of amides is 1. The summed E-state index contributed by atoms with van der Waals surface area (Å²) in [6.07, 6.45) is 9.05. The van der Waals surface area contributed by atoms with Gasteiger partial charge in [0.1, 0.15) is 5.69 Å². The predicted octanol–water partition coefficient (Wildman–Crippen LogP) is 1.05. The SMILES string of the molecule is O=C(c1cnccn1)N1CC(S(=O)(=O)C2CCCCC2)C1. The Morgan fingerprint density at radius 3 is 2.43 bits per heavy atom. The lowest BCUT2D eigenvalue weighted by Crippen LogP contribution is -2.58. The fourth-order valence-corrected chi connectivity index (χ4v) is 5.36. The van der Waals surface area contributed by atoms with Gasteiger partial charge in [-0.2, -0.15) is 0 Å². The Morgan fingerprint density at radius 1 is 1.10 bits per heavy atom. The second-order valence-electron chi connectivity index (χ2n) is 5.77. The fraction of sp³-hybridized carbons (Fsp3) is 0.643. The van der Waals surface area contributed by atoms with E-state index in [-0.39, 0.29) is 29.9 Å². The molecule has 2 aliphatic rings. The van der Waals surface area contributed by atoms with E-state index in [9.17, 15) is 13.2 Å². The van der Waals surface area contributed by atoms with Crippen LogP contribution in [-0.2, 0) is 9.84 Å². The molecule has 0 atom stereocenters. The molecular formula is C14H19N3O3S. The molecule has 0 unspecified atom stereocenters. The van der Waals surface area contributed by atoms with Gasteiger partial charge in [-0.25, -0.2) is 13.4 Å². The van der Waals surface area contributed by atoms with Gasteiger partial charge < -0.3 is 4.90 Å². The van der Waals surface area contributed by atoms with Gasteiger partial charge in [0.15, 0.2) is 9.84 Å². The molecule has 3 rings (SSSR count). The standard InChI is InChI=1S/C14H19N3O3S/c18-14(13-8-15-6-7-16-13)17-9-12(10-17)21(19,20)11-4-2-1-3-5-11/h6-8,11-12H,1-5,9-10H2. The van der Waals surface area contributed by atoms with Crippen molar-refractivity contribution < 1.29 is 13.2 Å². The first-order chi connectivity index (χ1) is 10.1. The molecule has 21 heavy (non-hydrogen) atoms. The van der Waals surface area contributed by atoms with Crippen LogP contribution < -0.4 is 0 Å². The van der Waals surface area contributed by atoms with E-state index in [2.05, 4.69) is 9.97 Å². The summed E-state index contributed by atoms with van der Waals surface area (Å²) in [5.74, 6) is -0.238. The number of sulfone groups is 1. The molecule has 1 aromatic heterocycles. The molecule has 1 saturated carbocycles. The molecule has 6 nitrogen and oxygen atoms in total. The summed E-state index contributed by atoms with van der Waals surface area (Å²) in [7, 11) is -3.10. The van der Waals surface area contributed by atoms with Crippen LogP contribution in [0, 0.1) is 0 Å². The van der Waals surface area contributed by atoms with Gasteiger partial charge in [0, 0.05) is 25.5 Å². The van der Waals surface area contributed by atoms with Gasteiger partial charge in [0.2, 0.25) is 0 Å². The fourth-order valence-electron chi connectivity index (χ4n) is 3.05. The summed E-state index contributed by atoms with van der Waals surface area (Å²) in [5.41, 5.74) is 0.269. The molecule has 0 aromatic carbocycles. The number of aromatic nitrogens is 2. The van der Waals surface area contributed by atoms with Crippen LogP contribution in [0.3, 0.4) is 0 Å². The maximum atomic E-state index is 12.5. The molecule has 1 aliphatic carbocycles. The molecule has 1 aliphatic heterocycles. The minimum Gasteiger partial charge on any atom is -0.335 e. The number of rotatable bonds is 3. The highest BCUT2D eigenvalue weighted by Crippen LogP contribution is 2.30. The summed E-state index contributed by atoms with van der Waals surface area (Å²) < 4.78 is 25.0. The molecule has 1 saturated heterocycles. The lowest BCUT2D eigenvalue weighted by atomic mass is 10.0. The Balaban J connectivity index is 1.61. The van der Waals surface area contributed by atoms with Crippen LogP contribution in [0.2, 0.25) is 0 Å². The maximum absolute atomic E-state index is 12.5. The first kappa shape index (κ1) is 14.4. The Kier molecular flexibility index (Phi) is 3.93. The second-order valence-corrected chi connectivity index (χ2v) is 8.28. The minimum absolute atomic E-state index is 0.204. The van der Waals surface area contributed by atoms with Crippen LogP contribution in [0.25, 0.3) is 0 Å². The number of likely N-dealkylation sites (tertiary alicyclic amines) is 1.